The van der Waals surface area contributed by atoms with E-state index in [4.69, 9.17) is 0 Å². The first kappa shape index (κ1) is 19.2. The molecule has 1 heterocycles. The lowest BCUT2D eigenvalue weighted by Gasteiger charge is -2.07. The van der Waals surface area contributed by atoms with Crippen molar-refractivity contribution in [1.29, 1.82) is 0 Å². The Bertz CT molecular complexity index is 1100. The van der Waals surface area contributed by atoms with Gasteiger partial charge in [0, 0.05) is 12.5 Å². The van der Waals surface area contributed by atoms with Crippen molar-refractivity contribution in [3.63, 3.8) is 0 Å². The van der Waals surface area contributed by atoms with Crippen LogP contribution >= 0.6 is 11.3 Å². The van der Waals surface area contributed by atoms with E-state index in [1.165, 1.54) is 12.1 Å². The Kier molecular flexibility index (Phi) is 5.38. The summed E-state index contributed by atoms with van der Waals surface area (Å²) < 4.78 is 51.5. The molecule has 0 bridgehead atoms. The fourth-order valence-corrected chi connectivity index (χ4v) is 4.39. The number of sulfone groups is 1. The molecule has 1 aromatic heterocycles. The third-order valence-corrected chi connectivity index (χ3v) is 6.35. The summed E-state index contributed by atoms with van der Waals surface area (Å²) in [5, 5.41) is 0.157. The lowest BCUT2D eigenvalue weighted by molar-refractivity contribution is -0.120. The summed E-state index contributed by atoms with van der Waals surface area (Å²) in [4.78, 5) is 16.0. The molecule has 0 aliphatic carbocycles. The number of nitrogens with one attached hydrogen (secondary N) is 2. The number of halogens is 2. The average molecular weight is 411 g/mol. The predicted octanol–water partition coefficient (Wildman–Crippen LogP) is 3.19. The Balaban J connectivity index is 1.58. The molecule has 0 aliphatic heterocycles. The number of anilines is 1. The lowest BCUT2D eigenvalue weighted by atomic mass is 10.2. The Morgan fingerprint density at radius 3 is 2.59 bits per heavy atom. The van der Waals surface area contributed by atoms with Crippen molar-refractivity contribution in [3.05, 3.63) is 53.6 Å². The Hall–Kier alpha value is -2.59. The molecule has 0 unspecified atom stereocenters. The molecule has 2 aromatic carbocycles. The van der Waals surface area contributed by atoms with Gasteiger partial charge in [0.05, 0.1) is 15.3 Å². The number of fused-ring (bicyclic) bond motifs is 1. The SMILES string of the molecule is Cc1ccc(S(=O)(=O)CCC(=O)NNc2nc3c(F)cc(F)cc3s2)cc1. The van der Waals surface area contributed by atoms with Crippen molar-refractivity contribution in [2.24, 2.45) is 0 Å². The zero-order chi connectivity index (χ0) is 19.6. The first-order valence-corrected chi connectivity index (χ1v) is 10.3. The molecule has 27 heavy (non-hydrogen) atoms. The van der Waals surface area contributed by atoms with Crippen molar-refractivity contribution in [3.8, 4) is 0 Å². The number of carbonyl (C=O) groups is 1. The van der Waals surface area contributed by atoms with Crippen molar-refractivity contribution in [2.45, 2.75) is 18.2 Å². The highest BCUT2D eigenvalue weighted by molar-refractivity contribution is 7.91. The van der Waals surface area contributed by atoms with Crippen LogP contribution in [0.3, 0.4) is 0 Å². The molecule has 3 aromatic rings. The first-order valence-electron chi connectivity index (χ1n) is 7.84. The second-order valence-corrected chi connectivity index (χ2v) is 8.95. The first-order chi connectivity index (χ1) is 12.7. The minimum absolute atomic E-state index is 0.0138. The van der Waals surface area contributed by atoms with Gasteiger partial charge in [-0.15, -0.1) is 0 Å². The van der Waals surface area contributed by atoms with E-state index in [1.807, 2.05) is 6.92 Å². The fraction of sp³-hybridized carbons (Fsp3) is 0.176. The van der Waals surface area contributed by atoms with Gasteiger partial charge >= 0.3 is 0 Å². The molecule has 0 saturated carbocycles. The van der Waals surface area contributed by atoms with Crippen LogP contribution in [0.1, 0.15) is 12.0 Å². The maximum atomic E-state index is 13.6. The Morgan fingerprint density at radius 2 is 1.89 bits per heavy atom. The van der Waals surface area contributed by atoms with Crippen LogP contribution in [0.15, 0.2) is 41.3 Å². The molecule has 1 amide bonds. The van der Waals surface area contributed by atoms with E-state index >= 15 is 0 Å². The number of nitrogens with zero attached hydrogens (tertiary/aromatic N) is 1. The van der Waals surface area contributed by atoms with Crippen LogP contribution in [-0.4, -0.2) is 25.1 Å². The average Bonchev–Trinajstić information content (AvgIpc) is 3.02. The molecule has 10 heteroatoms. The molecule has 0 saturated heterocycles. The standard InChI is InChI=1S/C17H15F2N3O3S2/c1-10-2-4-12(5-3-10)27(24,25)7-6-15(23)21-22-17-20-16-13(19)8-11(18)9-14(16)26-17/h2-5,8-9H,6-7H2,1H3,(H,20,22)(H,21,23). The number of amides is 1. The number of hydrogen-bond acceptors (Lipinski definition) is 6. The maximum Gasteiger partial charge on any atom is 0.239 e. The number of rotatable bonds is 6. The molecule has 0 aliphatic rings. The molecule has 6 nitrogen and oxygen atoms in total. The summed E-state index contributed by atoms with van der Waals surface area (Å²) in [6.07, 6.45) is -0.267. The van der Waals surface area contributed by atoms with Crippen LogP contribution in [0, 0.1) is 18.6 Å². The van der Waals surface area contributed by atoms with Gasteiger partial charge in [-0.25, -0.2) is 22.2 Å². The van der Waals surface area contributed by atoms with E-state index < -0.39 is 27.4 Å². The highest BCUT2D eigenvalue weighted by atomic mass is 32.2. The maximum absolute atomic E-state index is 13.6. The number of thiazole rings is 1. The smallest absolute Gasteiger partial charge is 0.239 e. The zero-order valence-corrected chi connectivity index (χ0v) is 15.8. The van der Waals surface area contributed by atoms with Crippen LogP contribution in [0.2, 0.25) is 0 Å². The van der Waals surface area contributed by atoms with E-state index in [1.54, 1.807) is 12.1 Å². The minimum atomic E-state index is -3.58. The van der Waals surface area contributed by atoms with Gasteiger partial charge in [0.2, 0.25) is 11.0 Å². The lowest BCUT2D eigenvalue weighted by Crippen LogP contribution is -2.30. The third kappa shape index (κ3) is 4.58. The van der Waals surface area contributed by atoms with E-state index in [-0.39, 0.29) is 32.4 Å². The van der Waals surface area contributed by atoms with Crippen LogP contribution < -0.4 is 10.9 Å². The van der Waals surface area contributed by atoms with Crippen molar-refractivity contribution < 1.29 is 22.0 Å². The van der Waals surface area contributed by atoms with E-state index in [2.05, 4.69) is 15.8 Å². The second-order valence-electron chi connectivity index (χ2n) is 5.81. The summed E-state index contributed by atoms with van der Waals surface area (Å²) in [7, 11) is -3.58. The van der Waals surface area contributed by atoms with E-state index in [0.717, 1.165) is 29.0 Å². The number of aromatic nitrogens is 1. The molecule has 142 valence electrons. The highest BCUT2D eigenvalue weighted by Gasteiger charge is 2.17. The monoisotopic (exact) mass is 411 g/mol. The summed E-state index contributed by atoms with van der Waals surface area (Å²) >= 11 is 0.954. The van der Waals surface area contributed by atoms with Gasteiger partial charge in [-0.3, -0.25) is 15.6 Å². The van der Waals surface area contributed by atoms with Gasteiger partial charge in [-0.1, -0.05) is 29.0 Å². The number of benzene rings is 2. The molecule has 3 rings (SSSR count). The number of hydrogen-bond donors (Lipinski definition) is 2. The minimum Gasteiger partial charge on any atom is -0.273 e. The van der Waals surface area contributed by atoms with E-state index in [9.17, 15) is 22.0 Å². The Morgan fingerprint density at radius 1 is 1.19 bits per heavy atom. The van der Waals surface area contributed by atoms with Gasteiger partial charge in [-0.2, -0.15) is 0 Å². The van der Waals surface area contributed by atoms with Crippen molar-refractivity contribution >= 4 is 42.4 Å². The van der Waals surface area contributed by atoms with Crippen LogP contribution in [0.5, 0.6) is 0 Å². The second kappa shape index (κ2) is 7.57. The normalized spacial score (nSPS) is 11.5. The number of carbonyl (C=O) groups excluding carboxylic acids is 1. The van der Waals surface area contributed by atoms with Gasteiger partial charge in [0.15, 0.2) is 15.7 Å². The molecule has 0 fully saturated rings. The summed E-state index contributed by atoms with van der Waals surface area (Å²) in [6, 6.07) is 8.22. The van der Waals surface area contributed by atoms with Crippen LogP contribution in [0.25, 0.3) is 10.2 Å². The molecule has 2 N–H and O–H groups in total. The predicted molar refractivity (Wildman–Crippen MR) is 99.2 cm³/mol. The van der Waals surface area contributed by atoms with Gasteiger partial charge in [0.25, 0.3) is 0 Å². The van der Waals surface area contributed by atoms with Crippen LogP contribution in [-0.2, 0) is 14.6 Å². The molecule has 0 atom stereocenters. The highest BCUT2D eigenvalue weighted by Crippen LogP contribution is 2.28. The summed E-state index contributed by atoms with van der Waals surface area (Å²) in [5.74, 6) is -2.45. The molecular formula is C17H15F2N3O3S2. The third-order valence-electron chi connectivity index (χ3n) is 3.70. The number of aryl methyl sites for hydroxylation is 1. The quantitative estimate of drug-likeness (QED) is 0.608. The number of hydrazine groups is 1. The van der Waals surface area contributed by atoms with Gasteiger partial charge in [0.1, 0.15) is 11.3 Å². The Labute approximate surface area is 158 Å². The van der Waals surface area contributed by atoms with Gasteiger partial charge in [-0.05, 0) is 25.1 Å². The topological polar surface area (TPSA) is 88.2 Å². The van der Waals surface area contributed by atoms with E-state index in [0.29, 0.717) is 0 Å². The van der Waals surface area contributed by atoms with Gasteiger partial charge < -0.3 is 0 Å². The van der Waals surface area contributed by atoms with Crippen LogP contribution in [0.4, 0.5) is 13.9 Å². The zero-order valence-electron chi connectivity index (χ0n) is 14.1. The largest absolute Gasteiger partial charge is 0.273 e. The fourth-order valence-electron chi connectivity index (χ4n) is 2.29. The van der Waals surface area contributed by atoms with Crippen molar-refractivity contribution in [2.75, 3.05) is 11.2 Å². The molecular weight excluding hydrogens is 396 g/mol. The molecule has 0 spiro atoms. The summed E-state index contributed by atoms with van der Waals surface area (Å²) in [6.45, 7) is 1.85. The summed E-state index contributed by atoms with van der Waals surface area (Å²) in [5.41, 5.74) is 5.71. The van der Waals surface area contributed by atoms with Crippen molar-refractivity contribution in [1.82, 2.24) is 10.4 Å². The molecule has 0 radical (unpaired) electrons.